The van der Waals surface area contributed by atoms with Crippen molar-refractivity contribution in [3.05, 3.63) is 58.7 Å². The first-order valence-corrected chi connectivity index (χ1v) is 12.4. The molecule has 2 aromatic rings. The predicted octanol–water partition coefficient (Wildman–Crippen LogP) is 3.71. The molecule has 2 aliphatic heterocycles. The first-order chi connectivity index (χ1) is 16.1. The number of ether oxygens (including phenoxy) is 1. The number of halogens is 2. The van der Waals surface area contributed by atoms with Crippen LogP contribution >= 0.6 is 24.8 Å². The molecule has 0 bridgehead atoms. The van der Waals surface area contributed by atoms with Gasteiger partial charge in [-0.3, -0.25) is 4.79 Å². The van der Waals surface area contributed by atoms with E-state index < -0.39 is 0 Å². The maximum atomic E-state index is 13.0. The van der Waals surface area contributed by atoms with Crippen molar-refractivity contribution in [2.24, 2.45) is 0 Å². The fourth-order valence-corrected chi connectivity index (χ4v) is 5.42. The van der Waals surface area contributed by atoms with Crippen LogP contribution in [0.4, 0.5) is 11.4 Å². The molecule has 3 aliphatic rings. The molecule has 35 heavy (non-hydrogen) atoms. The largest absolute Gasteiger partial charge is 0.378 e. The van der Waals surface area contributed by atoms with Crippen LogP contribution in [0.5, 0.6) is 0 Å². The molecule has 0 unspecified atom stereocenters. The Morgan fingerprint density at radius 2 is 1.57 bits per heavy atom. The molecule has 0 saturated carbocycles. The lowest BCUT2D eigenvalue weighted by Crippen LogP contribution is -2.45. The van der Waals surface area contributed by atoms with Crippen molar-refractivity contribution >= 4 is 42.1 Å². The van der Waals surface area contributed by atoms with E-state index in [2.05, 4.69) is 58.3 Å². The Morgan fingerprint density at radius 3 is 2.26 bits per heavy atom. The second-order valence-corrected chi connectivity index (χ2v) is 9.71. The van der Waals surface area contributed by atoms with Crippen molar-refractivity contribution in [3.8, 4) is 0 Å². The fourth-order valence-electron chi connectivity index (χ4n) is 5.42. The van der Waals surface area contributed by atoms with E-state index in [1.807, 2.05) is 12.1 Å². The second kappa shape index (κ2) is 12.3. The van der Waals surface area contributed by atoms with Crippen molar-refractivity contribution < 1.29 is 9.53 Å². The number of carbonyl (C=O) groups is 1. The molecule has 1 N–H and O–H groups in total. The summed E-state index contributed by atoms with van der Waals surface area (Å²) in [5.41, 5.74) is 7.59. The monoisotopic (exact) mass is 520 g/mol. The number of anilines is 2. The fraction of sp³-hybridized carbons (Fsp3) is 0.519. The van der Waals surface area contributed by atoms with Crippen LogP contribution in [0.1, 0.15) is 33.5 Å². The highest BCUT2D eigenvalue weighted by atomic mass is 35.5. The predicted molar refractivity (Wildman–Crippen MR) is 148 cm³/mol. The van der Waals surface area contributed by atoms with E-state index in [0.717, 1.165) is 83.0 Å². The lowest BCUT2D eigenvalue weighted by molar-refractivity contribution is 0.0933. The number of piperazine rings is 1. The highest BCUT2D eigenvalue weighted by Gasteiger charge is 2.27. The van der Waals surface area contributed by atoms with Gasteiger partial charge in [0.1, 0.15) is 0 Å². The summed E-state index contributed by atoms with van der Waals surface area (Å²) in [6.07, 6.45) is 2.94. The topological polar surface area (TPSA) is 48.0 Å². The summed E-state index contributed by atoms with van der Waals surface area (Å²) in [4.78, 5) is 20.3. The summed E-state index contributed by atoms with van der Waals surface area (Å²) in [7, 11) is 2.20. The molecular formula is C27H38Cl2N4O2. The molecule has 2 saturated heterocycles. The second-order valence-electron chi connectivity index (χ2n) is 9.71. The summed E-state index contributed by atoms with van der Waals surface area (Å²) in [5, 5.41) is 3.33. The van der Waals surface area contributed by atoms with Gasteiger partial charge in [0.15, 0.2) is 0 Å². The molecule has 2 aromatic carbocycles. The number of rotatable bonds is 4. The number of likely N-dealkylation sites (N-methyl/N-ethyl adjacent to an activating group) is 1. The van der Waals surface area contributed by atoms with Gasteiger partial charge in [-0.15, -0.1) is 24.8 Å². The quantitative estimate of drug-likeness (QED) is 0.665. The first kappa shape index (κ1) is 27.6. The van der Waals surface area contributed by atoms with Gasteiger partial charge >= 0.3 is 0 Å². The van der Waals surface area contributed by atoms with Crippen molar-refractivity contribution in [2.45, 2.75) is 32.2 Å². The van der Waals surface area contributed by atoms with Crippen molar-refractivity contribution in [1.29, 1.82) is 0 Å². The third kappa shape index (κ3) is 6.23. The van der Waals surface area contributed by atoms with Gasteiger partial charge in [-0.2, -0.15) is 0 Å². The van der Waals surface area contributed by atoms with E-state index in [0.29, 0.717) is 0 Å². The SMILES string of the molecule is Cc1ccc(N2CCN(C)CC2)c2c1CC[C@@H](NC(=O)c1ccc(N3CCOCC3)cc1)C2.Cl.Cl. The molecule has 0 spiro atoms. The zero-order valence-corrected chi connectivity index (χ0v) is 22.4. The zero-order valence-electron chi connectivity index (χ0n) is 20.8. The van der Waals surface area contributed by atoms with Gasteiger partial charge in [0.2, 0.25) is 0 Å². The van der Waals surface area contributed by atoms with Gasteiger partial charge < -0.3 is 24.8 Å². The lowest BCUT2D eigenvalue weighted by atomic mass is 9.84. The minimum absolute atomic E-state index is 0. The maximum Gasteiger partial charge on any atom is 0.251 e. The molecule has 0 radical (unpaired) electrons. The Kier molecular flexibility index (Phi) is 9.70. The van der Waals surface area contributed by atoms with E-state index in [-0.39, 0.29) is 36.8 Å². The van der Waals surface area contributed by atoms with E-state index >= 15 is 0 Å². The number of hydrogen-bond donors (Lipinski definition) is 1. The molecule has 2 fully saturated rings. The normalized spacial score (nSPS) is 20.3. The molecule has 6 nitrogen and oxygen atoms in total. The van der Waals surface area contributed by atoms with Crippen molar-refractivity contribution in [2.75, 3.05) is 69.3 Å². The van der Waals surface area contributed by atoms with E-state index in [9.17, 15) is 4.79 Å². The highest BCUT2D eigenvalue weighted by Crippen LogP contribution is 2.33. The van der Waals surface area contributed by atoms with Crippen molar-refractivity contribution in [1.82, 2.24) is 10.2 Å². The van der Waals surface area contributed by atoms with Crippen molar-refractivity contribution in [3.63, 3.8) is 0 Å². The molecule has 1 atom stereocenters. The van der Waals surface area contributed by atoms with Crippen LogP contribution in [-0.2, 0) is 17.6 Å². The van der Waals surface area contributed by atoms with Crippen LogP contribution in [0.3, 0.4) is 0 Å². The number of fused-ring (bicyclic) bond motifs is 1. The molecule has 1 amide bonds. The van der Waals surface area contributed by atoms with Gasteiger partial charge in [0, 0.05) is 62.2 Å². The molecule has 1 aliphatic carbocycles. The number of benzene rings is 2. The van der Waals surface area contributed by atoms with Crippen LogP contribution in [-0.4, -0.2) is 76.4 Å². The van der Waals surface area contributed by atoms with E-state index in [4.69, 9.17) is 4.74 Å². The number of hydrogen-bond acceptors (Lipinski definition) is 5. The van der Waals surface area contributed by atoms with E-state index in [1.54, 1.807) is 0 Å². The summed E-state index contributed by atoms with van der Waals surface area (Å²) in [6, 6.07) is 12.8. The highest BCUT2D eigenvalue weighted by molar-refractivity contribution is 5.94. The minimum atomic E-state index is 0. The minimum Gasteiger partial charge on any atom is -0.378 e. The van der Waals surface area contributed by atoms with Crippen LogP contribution in [0, 0.1) is 6.92 Å². The maximum absolute atomic E-state index is 13.0. The number of aryl methyl sites for hydroxylation is 1. The Morgan fingerprint density at radius 1 is 0.886 bits per heavy atom. The van der Waals surface area contributed by atoms with E-state index in [1.165, 1.54) is 22.4 Å². The first-order valence-electron chi connectivity index (χ1n) is 12.4. The van der Waals surface area contributed by atoms with Crippen LogP contribution < -0.4 is 15.1 Å². The standard InChI is InChI=1S/C27H36N4O2.2ClH/c1-20-3-10-26(31-13-11-29(2)12-14-31)25-19-22(6-9-24(20)25)28-27(32)21-4-7-23(8-5-21)30-15-17-33-18-16-30;;/h3-5,7-8,10,22H,6,9,11-19H2,1-2H3,(H,28,32);2*1H/t22-;;/m1../s1. The third-order valence-electron chi connectivity index (χ3n) is 7.52. The molecule has 192 valence electrons. The molecule has 5 rings (SSSR count). The number of amides is 1. The third-order valence-corrected chi connectivity index (χ3v) is 7.52. The van der Waals surface area contributed by atoms with Gasteiger partial charge in [-0.05, 0) is 80.3 Å². The van der Waals surface area contributed by atoms with Gasteiger partial charge in [-0.1, -0.05) is 6.07 Å². The zero-order chi connectivity index (χ0) is 22.8. The summed E-state index contributed by atoms with van der Waals surface area (Å²) < 4.78 is 5.44. The van der Waals surface area contributed by atoms with Crippen LogP contribution in [0.25, 0.3) is 0 Å². The van der Waals surface area contributed by atoms with Gasteiger partial charge in [0.05, 0.1) is 13.2 Å². The van der Waals surface area contributed by atoms with Gasteiger partial charge in [0.25, 0.3) is 5.91 Å². The Labute approximate surface area is 221 Å². The average Bonchev–Trinajstić information content (AvgIpc) is 2.86. The molecule has 2 heterocycles. The van der Waals surface area contributed by atoms with Crippen LogP contribution in [0.15, 0.2) is 36.4 Å². The molecule has 8 heteroatoms. The summed E-state index contributed by atoms with van der Waals surface area (Å²) in [5.74, 6) is 0.0331. The van der Waals surface area contributed by atoms with Crippen LogP contribution in [0.2, 0.25) is 0 Å². The molecular weight excluding hydrogens is 483 g/mol. The average molecular weight is 522 g/mol. The van der Waals surface area contributed by atoms with Gasteiger partial charge in [-0.25, -0.2) is 0 Å². The molecule has 0 aromatic heterocycles. The smallest absolute Gasteiger partial charge is 0.251 e. The summed E-state index contributed by atoms with van der Waals surface area (Å²) >= 11 is 0. The summed E-state index contributed by atoms with van der Waals surface area (Å²) in [6.45, 7) is 9.90. The number of morpholine rings is 1. The number of nitrogens with zero attached hydrogens (tertiary/aromatic N) is 3. The Balaban J connectivity index is 0.00000171. The lowest BCUT2D eigenvalue weighted by Gasteiger charge is -2.37. The Bertz CT molecular complexity index is 987. The Hall–Kier alpha value is -1.99. The number of nitrogens with one attached hydrogen (secondary N) is 1. The number of carbonyl (C=O) groups excluding carboxylic acids is 1.